The number of carbonyl (C=O) groups excluding carboxylic acids is 2. The van der Waals surface area contributed by atoms with Gasteiger partial charge in [0, 0.05) is 30.4 Å². The summed E-state index contributed by atoms with van der Waals surface area (Å²) in [6.45, 7) is 7.00. The summed E-state index contributed by atoms with van der Waals surface area (Å²) in [5, 5.41) is 7.73. The maximum Gasteiger partial charge on any atom is 0.317 e. The van der Waals surface area contributed by atoms with Crippen molar-refractivity contribution in [1.29, 1.82) is 0 Å². The van der Waals surface area contributed by atoms with E-state index in [0.717, 1.165) is 13.0 Å². The Labute approximate surface area is 129 Å². The molecule has 0 unspecified atom stereocenters. The van der Waals surface area contributed by atoms with Crippen molar-refractivity contribution in [2.45, 2.75) is 45.7 Å². The minimum absolute atomic E-state index is 0.0305. The van der Waals surface area contributed by atoms with Gasteiger partial charge in [-0.05, 0) is 44.2 Å². The maximum atomic E-state index is 12.2. The van der Waals surface area contributed by atoms with Gasteiger partial charge in [-0.25, -0.2) is 4.79 Å². The molecule has 1 aliphatic rings. The molecule has 1 aromatic heterocycles. The molecule has 0 aromatic carbocycles. The normalized spacial score (nSPS) is 17.5. The highest BCUT2D eigenvalue weighted by Gasteiger charge is 2.28. The van der Waals surface area contributed by atoms with Crippen LogP contribution in [0.25, 0.3) is 0 Å². The van der Waals surface area contributed by atoms with E-state index in [4.69, 9.17) is 0 Å². The fourth-order valence-electron chi connectivity index (χ4n) is 2.57. The van der Waals surface area contributed by atoms with Crippen LogP contribution in [0.3, 0.4) is 0 Å². The predicted molar refractivity (Wildman–Crippen MR) is 84.4 cm³/mol. The highest BCUT2D eigenvalue weighted by Crippen LogP contribution is 2.32. The van der Waals surface area contributed by atoms with Crippen LogP contribution in [0.5, 0.6) is 0 Å². The molecular formula is C15H23N3O2S. The van der Waals surface area contributed by atoms with Gasteiger partial charge < -0.3 is 15.5 Å². The van der Waals surface area contributed by atoms with Gasteiger partial charge in [0.2, 0.25) is 5.91 Å². The van der Waals surface area contributed by atoms with Gasteiger partial charge in [0.05, 0.1) is 6.04 Å². The van der Waals surface area contributed by atoms with Crippen LogP contribution in [0.15, 0.2) is 11.4 Å². The largest absolute Gasteiger partial charge is 0.354 e. The Balaban J connectivity index is 1.81. The zero-order chi connectivity index (χ0) is 15.4. The average Bonchev–Trinajstić information content (AvgIpc) is 2.87. The molecule has 0 spiro atoms. The molecule has 0 saturated heterocycles. The number of hydrogen-bond donors (Lipinski definition) is 2. The van der Waals surface area contributed by atoms with Gasteiger partial charge in [0.25, 0.3) is 0 Å². The summed E-state index contributed by atoms with van der Waals surface area (Å²) in [5.41, 5.74) is 1.25. The molecule has 2 heterocycles. The van der Waals surface area contributed by atoms with E-state index in [9.17, 15) is 9.59 Å². The summed E-state index contributed by atoms with van der Waals surface area (Å²) in [6, 6.07) is 2.24. The van der Waals surface area contributed by atoms with E-state index in [-0.39, 0.29) is 24.0 Å². The van der Waals surface area contributed by atoms with Crippen molar-refractivity contribution in [3.05, 3.63) is 21.9 Å². The van der Waals surface area contributed by atoms with Crippen LogP contribution in [0.1, 0.15) is 43.7 Å². The maximum absolute atomic E-state index is 12.2. The molecule has 1 aliphatic heterocycles. The zero-order valence-corrected chi connectivity index (χ0v) is 13.6. The van der Waals surface area contributed by atoms with Crippen LogP contribution in [0, 0.1) is 0 Å². The lowest BCUT2D eigenvalue weighted by molar-refractivity contribution is -0.121. The third-order valence-corrected chi connectivity index (χ3v) is 4.61. The zero-order valence-electron chi connectivity index (χ0n) is 12.8. The van der Waals surface area contributed by atoms with Crippen LogP contribution >= 0.6 is 11.3 Å². The molecule has 2 N–H and O–H groups in total. The number of rotatable bonds is 4. The van der Waals surface area contributed by atoms with E-state index in [2.05, 4.69) is 29.0 Å². The Morgan fingerprint density at radius 3 is 2.95 bits per heavy atom. The van der Waals surface area contributed by atoms with Crippen LogP contribution in [-0.4, -0.2) is 36.0 Å². The van der Waals surface area contributed by atoms with Crippen LogP contribution in [0.2, 0.25) is 0 Å². The minimum atomic E-state index is -0.0864. The first kappa shape index (κ1) is 15.8. The first-order chi connectivity index (χ1) is 9.99. The minimum Gasteiger partial charge on any atom is -0.354 e. The molecule has 21 heavy (non-hydrogen) atoms. The summed E-state index contributed by atoms with van der Waals surface area (Å²) in [7, 11) is 0. The third kappa shape index (κ3) is 3.97. The second-order valence-electron chi connectivity index (χ2n) is 5.62. The second kappa shape index (κ2) is 6.93. The first-order valence-corrected chi connectivity index (χ1v) is 8.27. The summed E-state index contributed by atoms with van der Waals surface area (Å²) in [6.07, 6.45) is 1.23. The predicted octanol–water partition coefficient (Wildman–Crippen LogP) is 2.29. The van der Waals surface area contributed by atoms with Gasteiger partial charge in [-0.2, -0.15) is 0 Å². The van der Waals surface area contributed by atoms with Crippen molar-refractivity contribution in [2.75, 3.05) is 13.1 Å². The van der Waals surface area contributed by atoms with E-state index in [1.165, 1.54) is 10.4 Å². The number of nitrogens with one attached hydrogen (secondary N) is 2. The van der Waals surface area contributed by atoms with E-state index in [1.807, 2.05) is 18.7 Å². The number of fused-ring (bicyclic) bond motifs is 1. The van der Waals surface area contributed by atoms with E-state index >= 15 is 0 Å². The topological polar surface area (TPSA) is 61.4 Å². The Hall–Kier alpha value is -1.56. The van der Waals surface area contributed by atoms with Crippen molar-refractivity contribution in [3.8, 4) is 0 Å². The third-order valence-electron chi connectivity index (χ3n) is 3.62. The molecule has 1 atom stereocenters. The Kier molecular flexibility index (Phi) is 5.22. The van der Waals surface area contributed by atoms with Crippen LogP contribution in [-0.2, 0) is 11.2 Å². The van der Waals surface area contributed by atoms with Crippen LogP contribution < -0.4 is 10.6 Å². The summed E-state index contributed by atoms with van der Waals surface area (Å²) >= 11 is 1.76. The van der Waals surface area contributed by atoms with E-state index in [0.29, 0.717) is 13.0 Å². The Morgan fingerprint density at radius 1 is 1.48 bits per heavy atom. The van der Waals surface area contributed by atoms with Crippen molar-refractivity contribution in [3.63, 3.8) is 0 Å². The number of thiophene rings is 1. The highest BCUT2D eigenvalue weighted by molar-refractivity contribution is 7.10. The van der Waals surface area contributed by atoms with Gasteiger partial charge in [-0.3, -0.25) is 4.79 Å². The van der Waals surface area contributed by atoms with Gasteiger partial charge in [-0.1, -0.05) is 0 Å². The first-order valence-electron chi connectivity index (χ1n) is 7.39. The lowest BCUT2D eigenvalue weighted by Crippen LogP contribution is -2.45. The molecule has 2 rings (SSSR count). The molecule has 1 aromatic rings. The van der Waals surface area contributed by atoms with Crippen molar-refractivity contribution < 1.29 is 9.59 Å². The molecule has 3 amide bonds. The van der Waals surface area contributed by atoms with Crippen molar-refractivity contribution in [1.82, 2.24) is 15.5 Å². The number of urea groups is 1. The molecule has 5 nitrogen and oxygen atoms in total. The molecule has 0 fully saturated rings. The fraction of sp³-hybridized carbons (Fsp3) is 0.600. The van der Waals surface area contributed by atoms with Gasteiger partial charge in [0.1, 0.15) is 0 Å². The number of hydrogen-bond acceptors (Lipinski definition) is 3. The number of carbonyl (C=O) groups is 2. The Bertz CT molecular complexity index is 513. The molecular weight excluding hydrogens is 286 g/mol. The molecule has 116 valence electrons. The summed E-state index contributed by atoms with van der Waals surface area (Å²) < 4.78 is 0. The molecule has 0 saturated carbocycles. The smallest absolute Gasteiger partial charge is 0.317 e. The number of nitrogens with zero attached hydrogens (tertiary/aromatic N) is 1. The lowest BCUT2D eigenvalue weighted by atomic mass is 10.0. The standard InChI is InChI=1S/C15H23N3O2S/c1-10(2)17-14(19)4-7-16-15(20)18-8-5-13-12(11(18)3)6-9-21-13/h6,9-11H,4-5,7-8H2,1-3H3,(H,16,20)(H,17,19)/t11-/m0/s1. The fourth-order valence-corrected chi connectivity index (χ4v) is 3.53. The van der Waals surface area contributed by atoms with Gasteiger partial charge >= 0.3 is 6.03 Å². The Morgan fingerprint density at radius 2 is 2.24 bits per heavy atom. The number of amides is 3. The van der Waals surface area contributed by atoms with Crippen molar-refractivity contribution >= 4 is 23.3 Å². The second-order valence-corrected chi connectivity index (χ2v) is 6.62. The highest BCUT2D eigenvalue weighted by atomic mass is 32.1. The van der Waals surface area contributed by atoms with E-state index < -0.39 is 0 Å². The lowest BCUT2D eigenvalue weighted by Gasteiger charge is -2.33. The average molecular weight is 309 g/mol. The van der Waals surface area contributed by atoms with Crippen molar-refractivity contribution in [2.24, 2.45) is 0 Å². The monoisotopic (exact) mass is 309 g/mol. The molecule has 0 aliphatic carbocycles. The molecule has 6 heteroatoms. The van der Waals surface area contributed by atoms with E-state index in [1.54, 1.807) is 11.3 Å². The van der Waals surface area contributed by atoms with Gasteiger partial charge in [-0.15, -0.1) is 11.3 Å². The summed E-state index contributed by atoms with van der Waals surface area (Å²) in [5.74, 6) is -0.0305. The quantitative estimate of drug-likeness (QED) is 0.896. The van der Waals surface area contributed by atoms with Crippen LogP contribution in [0.4, 0.5) is 4.79 Å². The van der Waals surface area contributed by atoms with Gasteiger partial charge in [0.15, 0.2) is 0 Å². The molecule has 0 radical (unpaired) electrons. The molecule has 0 bridgehead atoms. The SMILES string of the molecule is CC(C)NC(=O)CCNC(=O)N1CCc2sccc2[C@@H]1C. The summed E-state index contributed by atoms with van der Waals surface area (Å²) in [4.78, 5) is 27.0.